The minimum Gasteiger partial charge on any atom is -0.352 e. The second kappa shape index (κ2) is 6.04. The molecule has 0 bridgehead atoms. The number of carbonyl (C=O) groups excluding carboxylic acids is 1. The Labute approximate surface area is 120 Å². The van der Waals surface area contributed by atoms with E-state index in [9.17, 15) is 4.79 Å². The number of aromatic nitrogens is 1. The van der Waals surface area contributed by atoms with Crippen LogP contribution in [0.1, 0.15) is 46.9 Å². The Kier molecular flexibility index (Phi) is 4.38. The lowest BCUT2D eigenvalue weighted by atomic mass is 10.0. The zero-order chi connectivity index (χ0) is 14.7. The number of unbranched alkanes of at least 4 members (excludes halogenated alkanes) is 1. The number of fused-ring (bicyclic) bond motifs is 1. The molecule has 0 aliphatic heterocycles. The molecular formula is C17H22N2O. The van der Waals surface area contributed by atoms with Gasteiger partial charge in [0.2, 0.25) is 0 Å². The van der Waals surface area contributed by atoms with Crippen molar-refractivity contribution in [3.8, 4) is 0 Å². The highest BCUT2D eigenvalue weighted by atomic mass is 16.1. The summed E-state index contributed by atoms with van der Waals surface area (Å²) in [7, 11) is 0. The van der Waals surface area contributed by atoms with Gasteiger partial charge in [0.05, 0.1) is 11.1 Å². The van der Waals surface area contributed by atoms with Crippen LogP contribution in [-0.4, -0.2) is 17.4 Å². The van der Waals surface area contributed by atoms with Gasteiger partial charge in [-0.3, -0.25) is 9.78 Å². The van der Waals surface area contributed by atoms with Crippen molar-refractivity contribution < 1.29 is 4.79 Å². The van der Waals surface area contributed by atoms with Crippen molar-refractivity contribution in [3.63, 3.8) is 0 Å². The molecule has 3 nitrogen and oxygen atoms in total. The number of nitrogens with one attached hydrogen (secondary N) is 1. The number of amides is 1. The molecule has 2 rings (SSSR count). The molecular weight excluding hydrogens is 248 g/mol. The molecule has 0 fully saturated rings. The van der Waals surface area contributed by atoms with Gasteiger partial charge in [0, 0.05) is 17.6 Å². The number of hydrogen-bond donors (Lipinski definition) is 1. The highest BCUT2D eigenvalue weighted by Crippen LogP contribution is 2.23. The standard InChI is InChI=1S/C17H22N2O/c1-5-6-7-18-17(20)15-10-13(4)19-16-12(3)8-11(2)9-14(15)16/h8-10H,5-7H2,1-4H3,(H,18,20). The fourth-order valence-electron chi connectivity index (χ4n) is 2.47. The summed E-state index contributed by atoms with van der Waals surface area (Å²) in [5.74, 6) is -0.000972. The summed E-state index contributed by atoms with van der Waals surface area (Å²) < 4.78 is 0. The molecule has 0 aliphatic rings. The molecule has 0 unspecified atom stereocenters. The molecule has 0 saturated heterocycles. The Hall–Kier alpha value is -1.90. The van der Waals surface area contributed by atoms with E-state index in [0.29, 0.717) is 0 Å². The number of nitrogens with zero attached hydrogens (tertiary/aromatic N) is 1. The Morgan fingerprint density at radius 3 is 2.65 bits per heavy atom. The van der Waals surface area contributed by atoms with E-state index in [4.69, 9.17) is 0 Å². The normalized spacial score (nSPS) is 10.8. The maximum absolute atomic E-state index is 12.4. The van der Waals surface area contributed by atoms with Gasteiger partial charge >= 0.3 is 0 Å². The molecule has 0 radical (unpaired) electrons. The minimum atomic E-state index is -0.000972. The number of hydrogen-bond acceptors (Lipinski definition) is 2. The highest BCUT2D eigenvalue weighted by molar-refractivity contribution is 6.07. The summed E-state index contributed by atoms with van der Waals surface area (Å²) in [6, 6.07) is 6.03. The first-order valence-electron chi connectivity index (χ1n) is 7.19. The van der Waals surface area contributed by atoms with Gasteiger partial charge in [-0.2, -0.15) is 0 Å². The molecule has 1 N–H and O–H groups in total. The molecule has 0 saturated carbocycles. The largest absolute Gasteiger partial charge is 0.352 e. The maximum Gasteiger partial charge on any atom is 0.252 e. The second-order valence-corrected chi connectivity index (χ2v) is 5.40. The number of pyridine rings is 1. The van der Waals surface area contributed by atoms with E-state index in [0.717, 1.165) is 52.7 Å². The van der Waals surface area contributed by atoms with Crippen LogP contribution in [0, 0.1) is 20.8 Å². The monoisotopic (exact) mass is 270 g/mol. The van der Waals surface area contributed by atoms with E-state index in [1.165, 1.54) is 0 Å². The molecule has 1 aromatic heterocycles. The molecule has 106 valence electrons. The Morgan fingerprint density at radius 2 is 1.95 bits per heavy atom. The van der Waals surface area contributed by atoms with Crippen molar-refractivity contribution in [1.82, 2.24) is 10.3 Å². The first kappa shape index (κ1) is 14.5. The van der Waals surface area contributed by atoms with Crippen molar-refractivity contribution in [3.05, 3.63) is 40.6 Å². The van der Waals surface area contributed by atoms with Gasteiger partial charge in [-0.15, -0.1) is 0 Å². The van der Waals surface area contributed by atoms with Crippen LogP contribution in [0.15, 0.2) is 18.2 Å². The smallest absolute Gasteiger partial charge is 0.252 e. The summed E-state index contributed by atoms with van der Waals surface area (Å²) in [5.41, 5.74) is 4.81. The molecule has 3 heteroatoms. The van der Waals surface area contributed by atoms with Gasteiger partial charge in [0.1, 0.15) is 0 Å². The van der Waals surface area contributed by atoms with Gasteiger partial charge in [0.25, 0.3) is 5.91 Å². The van der Waals surface area contributed by atoms with Crippen LogP contribution < -0.4 is 5.32 Å². The van der Waals surface area contributed by atoms with Crippen LogP contribution in [0.25, 0.3) is 10.9 Å². The third kappa shape index (κ3) is 2.98. The summed E-state index contributed by atoms with van der Waals surface area (Å²) in [6.07, 6.45) is 2.08. The number of benzene rings is 1. The second-order valence-electron chi connectivity index (χ2n) is 5.40. The fraction of sp³-hybridized carbons (Fsp3) is 0.412. The molecule has 2 aromatic rings. The van der Waals surface area contributed by atoms with Gasteiger partial charge in [-0.05, 0) is 44.9 Å². The fourth-order valence-corrected chi connectivity index (χ4v) is 2.47. The predicted molar refractivity (Wildman–Crippen MR) is 83.2 cm³/mol. The van der Waals surface area contributed by atoms with Crippen molar-refractivity contribution in [2.24, 2.45) is 0 Å². The summed E-state index contributed by atoms with van der Waals surface area (Å²) in [5, 5.41) is 3.94. The molecule has 1 aromatic carbocycles. The Morgan fingerprint density at radius 1 is 1.20 bits per heavy atom. The third-order valence-electron chi connectivity index (χ3n) is 3.44. The van der Waals surface area contributed by atoms with Crippen LogP contribution >= 0.6 is 0 Å². The number of carbonyl (C=O) groups is 1. The van der Waals surface area contributed by atoms with E-state index in [1.807, 2.05) is 32.9 Å². The van der Waals surface area contributed by atoms with Gasteiger partial charge < -0.3 is 5.32 Å². The molecule has 1 amide bonds. The van der Waals surface area contributed by atoms with Gasteiger partial charge in [0.15, 0.2) is 0 Å². The van der Waals surface area contributed by atoms with E-state index >= 15 is 0 Å². The van der Waals surface area contributed by atoms with Gasteiger partial charge in [-0.25, -0.2) is 0 Å². The number of rotatable bonds is 4. The average Bonchev–Trinajstić information content (AvgIpc) is 2.39. The number of aryl methyl sites for hydroxylation is 3. The van der Waals surface area contributed by atoms with Crippen molar-refractivity contribution in [2.75, 3.05) is 6.54 Å². The zero-order valence-electron chi connectivity index (χ0n) is 12.7. The van der Waals surface area contributed by atoms with Crippen LogP contribution in [-0.2, 0) is 0 Å². The quantitative estimate of drug-likeness (QED) is 0.861. The maximum atomic E-state index is 12.4. The molecule has 20 heavy (non-hydrogen) atoms. The van der Waals surface area contributed by atoms with E-state index in [2.05, 4.69) is 23.3 Å². The Balaban J connectivity index is 2.49. The van der Waals surface area contributed by atoms with Gasteiger partial charge in [-0.1, -0.05) is 25.0 Å². The highest BCUT2D eigenvalue weighted by Gasteiger charge is 2.13. The Bertz CT molecular complexity index is 647. The summed E-state index contributed by atoms with van der Waals surface area (Å²) >= 11 is 0. The predicted octanol–water partition coefficient (Wildman–Crippen LogP) is 3.69. The average molecular weight is 270 g/mol. The van der Waals surface area contributed by atoms with E-state index < -0.39 is 0 Å². The first-order chi connectivity index (χ1) is 9.52. The van der Waals surface area contributed by atoms with Crippen LogP contribution in [0.4, 0.5) is 0 Å². The molecule has 0 atom stereocenters. The first-order valence-corrected chi connectivity index (χ1v) is 7.19. The lowest BCUT2D eigenvalue weighted by molar-refractivity contribution is 0.0954. The molecule has 0 spiro atoms. The molecule has 0 aliphatic carbocycles. The summed E-state index contributed by atoms with van der Waals surface area (Å²) in [6.45, 7) is 8.86. The lowest BCUT2D eigenvalue weighted by Gasteiger charge is -2.11. The zero-order valence-corrected chi connectivity index (χ0v) is 12.7. The molecule has 1 heterocycles. The summed E-state index contributed by atoms with van der Waals surface area (Å²) in [4.78, 5) is 16.9. The minimum absolute atomic E-state index is 0.000972. The van der Waals surface area contributed by atoms with Crippen LogP contribution in [0.3, 0.4) is 0 Å². The topological polar surface area (TPSA) is 42.0 Å². The van der Waals surface area contributed by atoms with Crippen molar-refractivity contribution >= 4 is 16.8 Å². The van der Waals surface area contributed by atoms with E-state index in [1.54, 1.807) is 0 Å². The van der Waals surface area contributed by atoms with Crippen LogP contribution in [0.2, 0.25) is 0 Å². The third-order valence-corrected chi connectivity index (χ3v) is 3.44. The van der Waals surface area contributed by atoms with Crippen LogP contribution in [0.5, 0.6) is 0 Å². The van der Waals surface area contributed by atoms with Crippen molar-refractivity contribution in [1.29, 1.82) is 0 Å². The van der Waals surface area contributed by atoms with E-state index in [-0.39, 0.29) is 5.91 Å². The SMILES string of the molecule is CCCCNC(=O)c1cc(C)nc2c(C)cc(C)cc12. The lowest BCUT2D eigenvalue weighted by Crippen LogP contribution is -2.24. The van der Waals surface area contributed by atoms with Crippen molar-refractivity contribution in [2.45, 2.75) is 40.5 Å².